The van der Waals surface area contributed by atoms with Crippen LogP contribution in [0.15, 0.2) is 22.7 Å². The molecule has 0 heterocycles. The van der Waals surface area contributed by atoms with Gasteiger partial charge in [0.25, 0.3) is 0 Å². The Kier molecular flexibility index (Phi) is 5.19. The van der Waals surface area contributed by atoms with Crippen LogP contribution in [0.2, 0.25) is 0 Å². The van der Waals surface area contributed by atoms with Crippen molar-refractivity contribution in [2.75, 3.05) is 24.3 Å². The van der Waals surface area contributed by atoms with Crippen molar-refractivity contribution in [2.24, 2.45) is 0 Å². The topological polar surface area (TPSA) is 35.2 Å². The highest BCUT2D eigenvalue weighted by Crippen LogP contribution is 2.27. The van der Waals surface area contributed by atoms with Gasteiger partial charge in [-0.15, -0.1) is 0 Å². The lowest BCUT2D eigenvalue weighted by Gasteiger charge is -2.08. The Labute approximate surface area is 97.3 Å². The van der Waals surface area contributed by atoms with Crippen molar-refractivity contribution < 1.29 is 4.74 Å². The first-order valence-electron chi connectivity index (χ1n) is 4.41. The van der Waals surface area contributed by atoms with Gasteiger partial charge in [-0.05, 0) is 46.5 Å². The molecule has 14 heavy (non-hydrogen) atoms. The Morgan fingerprint density at radius 1 is 1.50 bits per heavy atom. The highest BCUT2D eigenvalue weighted by atomic mass is 79.9. The normalized spacial score (nSPS) is 10.1. The molecule has 0 saturated carbocycles. The van der Waals surface area contributed by atoms with Crippen LogP contribution in [0.1, 0.15) is 6.42 Å². The van der Waals surface area contributed by atoms with E-state index in [1.807, 2.05) is 30.0 Å². The van der Waals surface area contributed by atoms with E-state index in [0.717, 1.165) is 34.7 Å². The predicted octanol–water partition coefficient (Wildman–Crippen LogP) is 3.16. The molecule has 0 spiro atoms. The zero-order valence-electron chi connectivity index (χ0n) is 8.13. The quantitative estimate of drug-likeness (QED) is 0.662. The molecule has 1 rings (SSSR count). The molecule has 78 valence electrons. The van der Waals surface area contributed by atoms with Gasteiger partial charge in [0.05, 0.1) is 11.1 Å². The van der Waals surface area contributed by atoms with E-state index in [1.54, 1.807) is 0 Å². The van der Waals surface area contributed by atoms with Crippen LogP contribution in [0.4, 0.5) is 5.69 Å². The van der Waals surface area contributed by atoms with Crippen molar-refractivity contribution in [3.05, 3.63) is 22.7 Å². The number of thioether (sulfide) groups is 1. The minimum atomic E-state index is 0.730. The lowest BCUT2D eigenvalue weighted by Crippen LogP contribution is -1.99. The van der Waals surface area contributed by atoms with Gasteiger partial charge < -0.3 is 10.5 Å². The van der Waals surface area contributed by atoms with Crippen molar-refractivity contribution in [1.29, 1.82) is 0 Å². The van der Waals surface area contributed by atoms with Gasteiger partial charge in [-0.1, -0.05) is 0 Å². The van der Waals surface area contributed by atoms with E-state index in [2.05, 4.69) is 22.2 Å². The van der Waals surface area contributed by atoms with Gasteiger partial charge in [-0.2, -0.15) is 11.8 Å². The molecule has 0 amide bonds. The molecule has 0 radical (unpaired) electrons. The number of hydrogen-bond donors (Lipinski definition) is 1. The largest absolute Gasteiger partial charge is 0.492 e. The summed E-state index contributed by atoms with van der Waals surface area (Å²) in [6, 6.07) is 5.58. The van der Waals surface area contributed by atoms with E-state index < -0.39 is 0 Å². The average molecular weight is 276 g/mol. The van der Waals surface area contributed by atoms with E-state index in [4.69, 9.17) is 10.5 Å². The number of anilines is 1. The lowest BCUT2D eigenvalue weighted by molar-refractivity contribution is 0.317. The molecule has 0 aliphatic carbocycles. The second-order valence-corrected chi connectivity index (χ2v) is 4.72. The standard InChI is InChI=1S/C10H14BrNOS/c1-14-6-2-5-13-10-7-8(12)3-4-9(10)11/h3-4,7H,2,5-6,12H2,1H3. The summed E-state index contributed by atoms with van der Waals surface area (Å²) in [5.74, 6) is 1.95. The fraction of sp³-hybridized carbons (Fsp3) is 0.400. The minimum absolute atomic E-state index is 0.730. The fourth-order valence-electron chi connectivity index (χ4n) is 1.02. The summed E-state index contributed by atoms with van der Waals surface area (Å²) in [6.07, 6.45) is 3.15. The summed E-state index contributed by atoms with van der Waals surface area (Å²) < 4.78 is 6.53. The number of benzene rings is 1. The van der Waals surface area contributed by atoms with Crippen LogP contribution >= 0.6 is 27.7 Å². The third kappa shape index (κ3) is 3.80. The van der Waals surface area contributed by atoms with Crippen molar-refractivity contribution in [3.8, 4) is 5.75 Å². The average Bonchev–Trinajstić information content (AvgIpc) is 2.18. The highest BCUT2D eigenvalue weighted by molar-refractivity contribution is 9.10. The molecule has 1 aromatic rings. The summed E-state index contributed by atoms with van der Waals surface area (Å²) >= 11 is 5.24. The van der Waals surface area contributed by atoms with Crippen LogP contribution < -0.4 is 10.5 Å². The zero-order valence-corrected chi connectivity index (χ0v) is 10.5. The predicted molar refractivity (Wildman–Crippen MR) is 67.0 cm³/mol. The van der Waals surface area contributed by atoms with Crippen LogP contribution in [0.3, 0.4) is 0 Å². The van der Waals surface area contributed by atoms with E-state index in [-0.39, 0.29) is 0 Å². The molecule has 0 unspecified atom stereocenters. The van der Waals surface area contributed by atoms with Gasteiger partial charge in [-0.25, -0.2) is 0 Å². The van der Waals surface area contributed by atoms with Gasteiger partial charge in [-0.3, -0.25) is 0 Å². The molecule has 0 fully saturated rings. The number of ether oxygens (including phenoxy) is 1. The van der Waals surface area contributed by atoms with Crippen molar-refractivity contribution in [3.63, 3.8) is 0 Å². The van der Waals surface area contributed by atoms with Gasteiger partial charge in [0.1, 0.15) is 5.75 Å². The Morgan fingerprint density at radius 3 is 3.00 bits per heavy atom. The third-order valence-corrected chi connectivity index (χ3v) is 3.06. The molecule has 0 atom stereocenters. The Morgan fingerprint density at radius 2 is 2.29 bits per heavy atom. The van der Waals surface area contributed by atoms with Crippen molar-refractivity contribution in [2.45, 2.75) is 6.42 Å². The second kappa shape index (κ2) is 6.19. The number of halogens is 1. The summed E-state index contributed by atoms with van der Waals surface area (Å²) in [5.41, 5.74) is 6.38. The van der Waals surface area contributed by atoms with Gasteiger partial charge >= 0.3 is 0 Å². The number of nitrogen functional groups attached to an aromatic ring is 1. The van der Waals surface area contributed by atoms with E-state index >= 15 is 0 Å². The molecular weight excluding hydrogens is 262 g/mol. The van der Waals surface area contributed by atoms with Crippen LogP contribution in [0, 0.1) is 0 Å². The molecule has 0 aromatic heterocycles. The highest BCUT2D eigenvalue weighted by Gasteiger charge is 2.00. The third-order valence-electron chi connectivity index (χ3n) is 1.71. The Balaban J connectivity index is 2.45. The maximum atomic E-state index is 5.65. The Bertz CT molecular complexity index is 293. The summed E-state index contributed by atoms with van der Waals surface area (Å²) in [7, 11) is 0. The number of rotatable bonds is 5. The molecule has 2 nitrogen and oxygen atoms in total. The monoisotopic (exact) mass is 275 g/mol. The van der Waals surface area contributed by atoms with E-state index in [1.165, 1.54) is 0 Å². The van der Waals surface area contributed by atoms with Crippen LogP contribution in [0.25, 0.3) is 0 Å². The summed E-state index contributed by atoms with van der Waals surface area (Å²) in [5, 5.41) is 0. The first-order valence-corrected chi connectivity index (χ1v) is 6.59. The number of nitrogens with two attached hydrogens (primary N) is 1. The molecule has 0 saturated heterocycles. The van der Waals surface area contributed by atoms with Gasteiger partial charge in [0, 0.05) is 11.8 Å². The fourth-order valence-corrected chi connectivity index (χ4v) is 1.78. The molecule has 2 N–H and O–H groups in total. The van der Waals surface area contributed by atoms with Gasteiger partial charge in [0.15, 0.2) is 0 Å². The van der Waals surface area contributed by atoms with Crippen molar-refractivity contribution in [1.82, 2.24) is 0 Å². The molecular formula is C10H14BrNOS. The first-order chi connectivity index (χ1) is 6.74. The maximum absolute atomic E-state index is 5.65. The lowest BCUT2D eigenvalue weighted by atomic mass is 10.3. The Hall–Kier alpha value is -0.350. The first kappa shape index (κ1) is 11.7. The summed E-state index contributed by atoms with van der Waals surface area (Å²) in [6.45, 7) is 0.739. The zero-order chi connectivity index (χ0) is 10.4. The SMILES string of the molecule is CSCCCOc1cc(N)ccc1Br. The summed E-state index contributed by atoms with van der Waals surface area (Å²) in [4.78, 5) is 0. The molecule has 0 bridgehead atoms. The maximum Gasteiger partial charge on any atom is 0.135 e. The van der Waals surface area contributed by atoms with Crippen LogP contribution in [-0.4, -0.2) is 18.6 Å². The molecule has 1 aromatic carbocycles. The molecule has 0 aliphatic heterocycles. The molecule has 4 heteroatoms. The smallest absolute Gasteiger partial charge is 0.135 e. The van der Waals surface area contributed by atoms with Crippen LogP contribution in [0.5, 0.6) is 5.75 Å². The molecule has 0 aliphatic rings. The number of hydrogen-bond acceptors (Lipinski definition) is 3. The van der Waals surface area contributed by atoms with E-state index in [0.29, 0.717) is 0 Å². The second-order valence-electron chi connectivity index (χ2n) is 2.88. The van der Waals surface area contributed by atoms with Gasteiger partial charge in [0.2, 0.25) is 0 Å². The minimum Gasteiger partial charge on any atom is -0.492 e. The van der Waals surface area contributed by atoms with E-state index in [9.17, 15) is 0 Å². The van der Waals surface area contributed by atoms with Crippen molar-refractivity contribution >= 4 is 33.4 Å². The van der Waals surface area contributed by atoms with Crippen LogP contribution in [-0.2, 0) is 0 Å².